The highest BCUT2D eigenvalue weighted by Crippen LogP contribution is 2.27. The number of carbonyl (C=O) groups is 1. The number of fused-ring (bicyclic) bond motifs is 1. The zero-order valence-corrected chi connectivity index (χ0v) is 13.3. The molecule has 0 saturated carbocycles. The molecular formula is C18H21FN2O2. The van der Waals surface area contributed by atoms with E-state index in [2.05, 4.69) is 11.8 Å². The minimum atomic E-state index is -0.319. The minimum Gasteiger partial charge on any atom is -0.451 e. The van der Waals surface area contributed by atoms with Gasteiger partial charge in [0.05, 0.1) is 0 Å². The van der Waals surface area contributed by atoms with E-state index in [9.17, 15) is 9.18 Å². The summed E-state index contributed by atoms with van der Waals surface area (Å²) in [5.41, 5.74) is 0.552. The van der Waals surface area contributed by atoms with Crippen LogP contribution in [0.1, 0.15) is 36.7 Å². The summed E-state index contributed by atoms with van der Waals surface area (Å²) in [4.78, 5) is 16.9. The lowest BCUT2D eigenvalue weighted by Crippen LogP contribution is -2.63. The van der Waals surface area contributed by atoms with E-state index < -0.39 is 0 Å². The Morgan fingerprint density at radius 3 is 2.87 bits per heavy atom. The molecule has 0 N–H and O–H groups in total. The zero-order chi connectivity index (χ0) is 16.0. The van der Waals surface area contributed by atoms with Crippen molar-refractivity contribution in [1.29, 1.82) is 0 Å². The molecule has 3 heterocycles. The first-order valence-corrected chi connectivity index (χ1v) is 8.36. The van der Waals surface area contributed by atoms with Gasteiger partial charge in [-0.15, -0.1) is 0 Å². The molecule has 0 aliphatic carbocycles. The van der Waals surface area contributed by atoms with Gasteiger partial charge in [-0.25, -0.2) is 4.39 Å². The summed E-state index contributed by atoms with van der Waals surface area (Å²) in [7, 11) is 0. The maximum Gasteiger partial charge on any atom is 0.289 e. The summed E-state index contributed by atoms with van der Waals surface area (Å²) in [6.45, 7) is 4.93. The Balaban J connectivity index is 1.44. The second-order valence-corrected chi connectivity index (χ2v) is 6.74. The van der Waals surface area contributed by atoms with Gasteiger partial charge in [-0.2, -0.15) is 0 Å². The summed E-state index contributed by atoms with van der Waals surface area (Å²) in [6, 6.07) is 7.02. The van der Waals surface area contributed by atoms with Crippen molar-refractivity contribution in [2.45, 2.75) is 38.3 Å². The molecule has 1 amide bonds. The fraction of sp³-hybridized carbons (Fsp3) is 0.500. The number of benzene rings is 1. The molecule has 4 nitrogen and oxygen atoms in total. The van der Waals surface area contributed by atoms with Crippen molar-refractivity contribution in [2.75, 3.05) is 19.6 Å². The first-order valence-electron chi connectivity index (χ1n) is 8.36. The van der Waals surface area contributed by atoms with E-state index in [0.29, 0.717) is 28.8 Å². The van der Waals surface area contributed by atoms with Crippen molar-refractivity contribution in [2.24, 2.45) is 0 Å². The number of likely N-dealkylation sites (tertiary alicyclic amines) is 2. The van der Waals surface area contributed by atoms with Gasteiger partial charge in [0.15, 0.2) is 5.76 Å². The molecule has 1 unspecified atom stereocenters. The van der Waals surface area contributed by atoms with Crippen molar-refractivity contribution in [3.05, 3.63) is 35.8 Å². The van der Waals surface area contributed by atoms with E-state index >= 15 is 0 Å². The Kier molecular flexibility index (Phi) is 3.60. The lowest BCUT2D eigenvalue weighted by molar-refractivity contribution is 0.000641. The third-order valence-electron chi connectivity index (χ3n) is 5.16. The van der Waals surface area contributed by atoms with Gasteiger partial charge in [0.1, 0.15) is 11.4 Å². The SMILES string of the molecule is CC1CCCCN1C1CN(C(=O)c2cc3cc(F)ccc3o2)C1. The van der Waals surface area contributed by atoms with Gasteiger partial charge in [-0.05, 0) is 50.6 Å². The summed E-state index contributed by atoms with van der Waals surface area (Å²) in [5.74, 6) is -0.112. The Morgan fingerprint density at radius 2 is 2.09 bits per heavy atom. The smallest absolute Gasteiger partial charge is 0.289 e. The van der Waals surface area contributed by atoms with Crippen molar-refractivity contribution < 1.29 is 13.6 Å². The van der Waals surface area contributed by atoms with Crippen LogP contribution < -0.4 is 0 Å². The van der Waals surface area contributed by atoms with E-state index in [1.165, 1.54) is 31.4 Å². The van der Waals surface area contributed by atoms with Crippen LogP contribution in [-0.4, -0.2) is 47.4 Å². The van der Waals surface area contributed by atoms with Gasteiger partial charge >= 0.3 is 0 Å². The monoisotopic (exact) mass is 316 g/mol. The zero-order valence-electron chi connectivity index (χ0n) is 13.3. The second kappa shape index (κ2) is 5.64. The van der Waals surface area contributed by atoms with Crippen molar-refractivity contribution >= 4 is 16.9 Å². The minimum absolute atomic E-state index is 0.0949. The summed E-state index contributed by atoms with van der Waals surface area (Å²) >= 11 is 0. The largest absolute Gasteiger partial charge is 0.451 e. The van der Waals surface area contributed by atoms with Crippen LogP contribution in [0.15, 0.2) is 28.7 Å². The molecule has 0 spiro atoms. The molecule has 2 saturated heterocycles. The molecule has 1 atom stereocenters. The summed E-state index contributed by atoms with van der Waals surface area (Å²) in [6.07, 6.45) is 3.81. The van der Waals surface area contributed by atoms with Gasteiger partial charge in [0, 0.05) is 30.6 Å². The van der Waals surface area contributed by atoms with Gasteiger partial charge in [-0.1, -0.05) is 6.42 Å². The van der Waals surface area contributed by atoms with Crippen molar-refractivity contribution in [3.63, 3.8) is 0 Å². The second-order valence-electron chi connectivity index (χ2n) is 6.74. The van der Waals surface area contributed by atoms with Gasteiger partial charge in [0.2, 0.25) is 0 Å². The average molecular weight is 316 g/mol. The van der Waals surface area contributed by atoms with Crippen LogP contribution in [0.25, 0.3) is 11.0 Å². The third kappa shape index (κ3) is 2.63. The lowest BCUT2D eigenvalue weighted by Gasteiger charge is -2.48. The molecule has 1 aromatic heterocycles. The Morgan fingerprint density at radius 1 is 1.26 bits per heavy atom. The number of halogens is 1. The van der Waals surface area contributed by atoms with Gasteiger partial charge in [-0.3, -0.25) is 9.69 Å². The number of piperidine rings is 1. The number of nitrogens with zero attached hydrogens (tertiary/aromatic N) is 2. The van der Waals surface area contributed by atoms with Crippen LogP contribution >= 0.6 is 0 Å². The van der Waals surface area contributed by atoms with E-state index in [-0.39, 0.29) is 11.7 Å². The molecule has 5 heteroatoms. The lowest BCUT2D eigenvalue weighted by atomic mass is 9.97. The standard InChI is InChI=1S/C18H21FN2O2/c1-12-4-2-3-7-21(12)15-10-20(11-15)18(22)17-9-13-8-14(19)5-6-16(13)23-17/h5-6,8-9,12,15H,2-4,7,10-11H2,1H3. The highest BCUT2D eigenvalue weighted by molar-refractivity contribution is 5.96. The van der Waals surface area contributed by atoms with Crippen LogP contribution in [0.2, 0.25) is 0 Å². The molecule has 4 rings (SSSR count). The first-order chi connectivity index (χ1) is 11.1. The Hall–Kier alpha value is -1.88. The van der Waals surface area contributed by atoms with Gasteiger partial charge < -0.3 is 9.32 Å². The third-order valence-corrected chi connectivity index (χ3v) is 5.16. The quantitative estimate of drug-likeness (QED) is 0.853. The number of hydrogen-bond donors (Lipinski definition) is 0. The predicted octanol–water partition coefficient (Wildman–Crippen LogP) is 3.27. The summed E-state index contributed by atoms with van der Waals surface area (Å²) in [5, 5.41) is 0.634. The molecule has 0 radical (unpaired) electrons. The number of hydrogen-bond acceptors (Lipinski definition) is 3. The number of carbonyl (C=O) groups excluding carboxylic acids is 1. The normalized spacial score (nSPS) is 23.2. The molecule has 0 bridgehead atoms. The van der Waals surface area contributed by atoms with Crippen molar-refractivity contribution in [1.82, 2.24) is 9.80 Å². The number of amides is 1. The topological polar surface area (TPSA) is 36.7 Å². The maximum absolute atomic E-state index is 13.2. The maximum atomic E-state index is 13.2. The van der Waals surface area contributed by atoms with Crippen LogP contribution in [0, 0.1) is 5.82 Å². The van der Waals surface area contributed by atoms with Crippen LogP contribution in [-0.2, 0) is 0 Å². The van der Waals surface area contributed by atoms with Crippen LogP contribution in [0.5, 0.6) is 0 Å². The van der Waals surface area contributed by atoms with Gasteiger partial charge in [0.25, 0.3) is 5.91 Å². The fourth-order valence-corrected chi connectivity index (χ4v) is 3.77. The first kappa shape index (κ1) is 14.7. The molecule has 2 fully saturated rings. The molecule has 2 aliphatic heterocycles. The van der Waals surface area contributed by atoms with Crippen LogP contribution in [0.4, 0.5) is 4.39 Å². The van der Waals surface area contributed by atoms with E-state index in [0.717, 1.165) is 19.6 Å². The highest BCUT2D eigenvalue weighted by Gasteiger charge is 2.38. The molecule has 23 heavy (non-hydrogen) atoms. The van der Waals surface area contributed by atoms with Crippen LogP contribution in [0.3, 0.4) is 0 Å². The average Bonchev–Trinajstić information content (AvgIpc) is 2.90. The van der Waals surface area contributed by atoms with Crippen molar-refractivity contribution in [3.8, 4) is 0 Å². The highest BCUT2D eigenvalue weighted by atomic mass is 19.1. The number of furan rings is 1. The Labute approximate surface area is 134 Å². The van der Waals surface area contributed by atoms with E-state index in [4.69, 9.17) is 4.42 Å². The van der Waals surface area contributed by atoms with E-state index in [1.54, 1.807) is 12.1 Å². The predicted molar refractivity (Wildman–Crippen MR) is 85.9 cm³/mol. The summed E-state index contributed by atoms with van der Waals surface area (Å²) < 4.78 is 18.8. The Bertz CT molecular complexity index is 736. The fourth-order valence-electron chi connectivity index (χ4n) is 3.77. The molecule has 1 aromatic carbocycles. The van der Waals surface area contributed by atoms with E-state index in [1.807, 2.05) is 4.90 Å². The molecule has 2 aromatic rings. The molecular weight excluding hydrogens is 295 g/mol. The number of rotatable bonds is 2. The molecule has 2 aliphatic rings. The molecule has 122 valence electrons.